The lowest BCUT2D eigenvalue weighted by atomic mass is 10.1. The second-order valence-electron chi connectivity index (χ2n) is 4.60. The third-order valence-electron chi connectivity index (χ3n) is 3.06. The quantitative estimate of drug-likeness (QED) is 0.785. The lowest BCUT2D eigenvalue weighted by Gasteiger charge is -2.06. The number of halogens is 3. The average molecular weight is 279 g/mol. The predicted octanol–water partition coefficient (Wildman–Crippen LogP) is 4.10. The van der Waals surface area contributed by atoms with Gasteiger partial charge in [-0.3, -0.25) is 0 Å². The third-order valence-corrected chi connectivity index (χ3v) is 3.06. The number of hydrogen-bond donors (Lipinski definition) is 1. The summed E-state index contributed by atoms with van der Waals surface area (Å²) >= 11 is 0. The molecule has 0 fully saturated rings. The van der Waals surface area contributed by atoms with Gasteiger partial charge in [-0.05, 0) is 36.2 Å². The van der Waals surface area contributed by atoms with E-state index in [1.54, 1.807) is 24.3 Å². The minimum absolute atomic E-state index is 0.0417. The fourth-order valence-electron chi connectivity index (χ4n) is 1.90. The van der Waals surface area contributed by atoms with Crippen molar-refractivity contribution in [2.45, 2.75) is 19.4 Å². The molecular weight excluding hydrogens is 263 g/mol. The van der Waals surface area contributed by atoms with Crippen LogP contribution < -0.4 is 5.32 Å². The van der Waals surface area contributed by atoms with Crippen LogP contribution in [0.4, 0.5) is 13.2 Å². The summed E-state index contributed by atoms with van der Waals surface area (Å²) in [6.45, 7) is 1.38. The first kappa shape index (κ1) is 14.6. The molecule has 0 saturated heterocycles. The van der Waals surface area contributed by atoms with Gasteiger partial charge in [0.15, 0.2) is 0 Å². The molecule has 4 heteroatoms. The second-order valence-corrected chi connectivity index (χ2v) is 4.60. The van der Waals surface area contributed by atoms with Gasteiger partial charge in [0.2, 0.25) is 0 Å². The number of alkyl halides is 2. The molecule has 0 unspecified atom stereocenters. The first-order valence-corrected chi connectivity index (χ1v) is 6.47. The molecule has 1 N–H and O–H groups in total. The van der Waals surface area contributed by atoms with E-state index in [1.807, 2.05) is 0 Å². The normalized spacial score (nSPS) is 11.0. The van der Waals surface area contributed by atoms with Gasteiger partial charge in [-0.2, -0.15) is 0 Å². The molecule has 106 valence electrons. The molecule has 0 saturated carbocycles. The van der Waals surface area contributed by atoms with E-state index in [0.29, 0.717) is 6.54 Å². The molecule has 1 nitrogen and oxygen atoms in total. The van der Waals surface area contributed by atoms with E-state index >= 15 is 0 Å². The molecule has 0 amide bonds. The Morgan fingerprint density at radius 2 is 1.45 bits per heavy atom. The molecule has 0 radical (unpaired) electrons. The van der Waals surface area contributed by atoms with Crippen LogP contribution in [0.2, 0.25) is 0 Å². The van der Waals surface area contributed by atoms with Crippen LogP contribution in [0.3, 0.4) is 0 Å². The lowest BCUT2D eigenvalue weighted by molar-refractivity contribution is 0.151. The minimum Gasteiger partial charge on any atom is -0.312 e. The molecule has 0 bridgehead atoms. The van der Waals surface area contributed by atoms with E-state index in [4.69, 9.17) is 0 Å². The van der Waals surface area contributed by atoms with Gasteiger partial charge < -0.3 is 5.32 Å². The van der Waals surface area contributed by atoms with Gasteiger partial charge in [-0.15, -0.1) is 0 Å². The van der Waals surface area contributed by atoms with E-state index < -0.39 is 6.43 Å². The van der Waals surface area contributed by atoms with E-state index in [2.05, 4.69) is 5.32 Å². The molecule has 0 heterocycles. The van der Waals surface area contributed by atoms with Crippen molar-refractivity contribution in [2.24, 2.45) is 0 Å². The summed E-state index contributed by atoms with van der Waals surface area (Å²) in [5.41, 5.74) is 2.07. The highest BCUT2D eigenvalue weighted by atomic mass is 19.3. The fourth-order valence-corrected chi connectivity index (χ4v) is 1.90. The van der Waals surface area contributed by atoms with E-state index in [1.165, 1.54) is 24.3 Å². The summed E-state index contributed by atoms with van der Waals surface area (Å²) in [6.07, 6.45) is -1.62. The molecular formula is C16H16F3N. The Kier molecular flexibility index (Phi) is 5.18. The molecule has 2 rings (SSSR count). The van der Waals surface area contributed by atoms with Gasteiger partial charge in [-0.25, -0.2) is 13.2 Å². The maximum Gasteiger partial charge on any atom is 0.263 e. The molecule has 0 aliphatic heterocycles. The third kappa shape index (κ3) is 4.38. The smallest absolute Gasteiger partial charge is 0.263 e. The van der Waals surface area contributed by atoms with Crippen molar-refractivity contribution in [2.75, 3.05) is 6.54 Å². The van der Waals surface area contributed by atoms with Crippen molar-refractivity contribution in [3.8, 4) is 0 Å². The molecule has 0 spiro atoms. The topological polar surface area (TPSA) is 12.0 Å². The number of rotatable bonds is 6. The zero-order chi connectivity index (χ0) is 14.4. The molecule has 2 aromatic rings. The Labute approximate surface area is 116 Å². The fraction of sp³-hybridized carbons (Fsp3) is 0.250. The summed E-state index contributed by atoms with van der Waals surface area (Å²) in [6, 6.07) is 12.7. The zero-order valence-electron chi connectivity index (χ0n) is 11.0. The van der Waals surface area contributed by atoms with E-state index in [-0.39, 0.29) is 11.4 Å². The van der Waals surface area contributed by atoms with Crippen molar-refractivity contribution >= 4 is 0 Å². The van der Waals surface area contributed by atoms with Gasteiger partial charge in [-0.1, -0.05) is 36.4 Å². The molecule has 0 aliphatic rings. The van der Waals surface area contributed by atoms with Crippen LogP contribution in [0, 0.1) is 5.82 Å². The SMILES string of the molecule is Fc1ccc(CCNCc2ccc(C(F)F)cc2)cc1. The van der Waals surface area contributed by atoms with Crippen molar-refractivity contribution in [3.05, 3.63) is 71.0 Å². The Bertz CT molecular complexity index is 520. The first-order chi connectivity index (χ1) is 9.65. The van der Waals surface area contributed by atoms with Gasteiger partial charge in [0, 0.05) is 12.1 Å². The van der Waals surface area contributed by atoms with Crippen LogP contribution in [-0.2, 0) is 13.0 Å². The van der Waals surface area contributed by atoms with Gasteiger partial charge >= 0.3 is 0 Å². The summed E-state index contributed by atoms with van der Waals surface area (Å²) in [4.78, 5) is 0. The summed E-state index contributed by atoms with van der Waals surface area (Å²) < 4.78 is 37.5. The number of benzene rings is 2. The first-order valence-electron chi connectivity index (χ1n) is 6.47. The molecule has 0 aromatic heterocycles. The van der Waals surface area contributed by atoms with Crippen molar-refractivity contribution in [1.82, 2.24) is 5.32 Å². The van der Waals surface area contributed by atoms with Crippen LogP contribution >= 0.6 is 0 Å². The lowest BCUT2D eigenvalue weighted by Crippen LogP contribution is -2.16. The van der Waals surface area contributed by atoms with Crippen LogP contribution in [-0.4, -0.2) is 6.54 Å². The van der Waals surface area contributed by atoms with Crippen LogP contribution in [0.15, 0.2) is 48.5 Å². The van der Waals surface area contributed by atoms with Crippen molar-refractivity contribution < 1.29 is 13.2 Å². The van der Waals surface area contributed by atoms with E-state index in [0.717, 1.165) is 24.1 Å². The summed E-state index contributed by atoms with van der Waals surface area (Å²) in [5, 5.41) is 3.23. The number of nitrogens with one attached hydrogen (secondary N) is 1. The van der Waals surface area contributed by atoms with Crippen LogP contribution in [0.25, 0.3) is 0 Å². The van der Waals surface area contributed by atoms with Gasteiger partial charge in [0.05, 0.1) is 0 Å². The Hall–Kier alpha value is -1.81. The Morgan fingerprint density at radius 3 is 2.05 bits per heavy atom. The standard InChI is InChI=1S/C16H16F3N/c17-15-7-3-12(4-8-15)9-10-20-11-13-1-5-14(6-2-13)16(18)19/h1-8,16,20H,9-11H2. The zero-order valence-corrected chi connectivity index (χ0v) is 11.0. The average Bonchev–Trinajstić information content (AvgIpc) is 2.46. The maximum absolute atomic E-state index is 12.7. The predicted molar refractivity (Wildman–Crippen MR) is 73.2 cm³/mol. The highest BCUT2D eigenvalue weighted by molar-refractivity contribution is 5.23. The van der Waals surface area contributed by atoms with Crippen LogP contribution in [0.1, 0.15) is 23.1 Å². The summed E-state index contributed by atoms with van der Waals surface area (Å²) in [7, 11) is 0. The van der Waals surface area contributed by atoms with Gasteiger partial charge in [0.25, 0.3) is 6.43 Å². The molecule has 0 aliphatic carbocycles. The maximum atomic E-state index is 12.7. The molecule has 2 aromatic carbocycles. The Morgan fingerprint density at radius 1 is 0.850 bits per heavy atom. The number of hydrogen-bond acceptors (Lipinski definition) is 1. The van der Waals surface area contributed by atoms with E-state index in [9.17, 15) is 13.2 Å². The Balaban J connectivity index is 1.74. The van der Waals surface area contributed by atoms with Crippen molar-refractivity contribution in [1.29, 1.82) is 0 Å². The minimum atomic E-state index is -2.42. The molecule has 20 heavy (non-hydrogen) atoms. The van der Waals surface area contributed by atoms with Gasteiger partial charge in [0.1, 0.15) is 5.82 Å². The largest absolute Gasteiger partial charge is 0.312 e. The van der Waals surface area contributed by atoms with Crippen molar-refractivity contribution in [3.63, 3.8) is 0 Å². The molecule has 0 atom stereocenters. The second kappa shape index (κ2) is 7.10. The highest BCUT2D eigenvalue weighted by Crippen LogP contribution is 2.18. The monoisotopic (exact) mass is 279 g/mol. The highest BCUT2D eigenvalue weighted by Gasteiger charge is 2.05. The summed E-state index contributed by atoms with van der Waals surface area (Å²) in [5.74, 6) is -0.235. The van der Waals surface area contributed by atoms with Crippen LogP contribution in [0.5, 0.6) is 0 Å².